The molecule has 1 heterocycles. The number of allylic oxidation sites excluding steroid dienone is 1. The third kappa shape index (κ3) is 4.99. The highest BCUT2D eigenvalue weighted by Crippen LogP contribution is 2.37. The van der Waals surface area contributed by atoms with Gasteiger partial charge in [-0.05, 0) is 43.6 Å². The van der Waals surface area contributed by atoms with Gasteiger partial charge >= 0.3 is 0 Å². The van der Waals surface area contributed by atoms with Crippen LogP contribution in [-0.2, 0) is 14.3 Å². The van der Waals surface area contributed by atoms with Crippen molar-refractivity contribution in [2.75, 3.05) is 20.3 Å². The summed E-state index contributed by atoms with van der Waals surface area (Å²) in [5.74, 6) is 1.23. The fourth-order valence-corrected chi connectivity index (χ4v) is 3.39. The van der Waals surface area contributed by atoms with Crippen LogP contribution >= 0.6 is 0 Å². The first kappa shape index (κ1) is 17.3. The van der Waals surface area contributed by atoms with E-state index in [1.165, 1.54) is 32.1 Å². The van der Waals surface area contributed by atoms with E-state index in [1.54, 1.807) is 7.05 Å². The van der Waals surface area contributed by atoms with Crippen LogP contribution in [0.2, 0.25) is 0 Å². The molecule has 0 saturated heterocycles. The zero-order valence-electron chi connectivity index (χ0n) is 13.6. The van der Waals surface area contributed by atoms with E-state index in [-0.39, 0.29) is 18.8 Å². The predicted molar refractivity (Wildman–Crippen MR) is 84.0 cm³/mol. The Morgan fingerprint density at radius 2 is 2.14 bits per heavy atom. The molecule has 0 spiro atoms. The summed E-state index contributed by atoms with van der Waals surface area (Å²) >= 11 is 0. The van der Waals surface area contributed by atoms with Crippen LogP contribution in [-0.4, -0.2) is 37.6 Å². The number of hydrogen-bond donors (Lipinski definition) is 2. The van der Waals surface area contributed by atoms with Gasteiger partial charge in [0.1, 0.15) is 0 Å². The van der Waals surface area contributed by atoms with E-state index in [9.17, 15) is 4.79 Å². The number of carbonyl (C=O) groups excluding carboxylic acids is 1. The Hall–Kier alpha value is -1.07. The highest BCUT2D eigenvalue weighted by atomic mass is 16.7. The van der Waals surface area contributed by atoms with Crippen LogP contribution in [0.4, 0.5) is 0 Å². The molecule has 0 unspecified atom stereocenters. The molecule has 0 radical (unpaired) electrons. The lowest BCUT2D eigenvalue weighted by Crippen LogP contribution is -2.34. The van der Waals surface area contributed by atoms with Crippen molar-refractivity contribution in [3.05, 3.63) is 11.8 Å². The first-order chi connectivity index (χ1) is 10.7. The van der Waals surface area contributed by atoms with E-state index >= 15 is 0 Å². The third-order valence-electron chi connectivity index (χ3n) is 4.65. The Labute approximate surface area is 133 Å². The molecule has 1 aliphatic heterocycles. The molecule has 2 atom stereocenters. The van der Waals surface area contributed by atoms with Gasteiger partial charge in [0, 0.05) is 20.1 Å². The lowest BCUT2D eigenvalue weighted by molar-refractivity contribution is -0.151. The molecule has 1 fully saturated rings. The number of nitrogens with one attached hydrogen (secondary N) is 1. The first-order valence-electron chi connectivity index (χ1n) is 8.57. The molecule has 2 aliphatic rings. The molecule has 1 amide bonds. The standard InChI is InChI=1S/C17H29NO4/c1-18-17(20)15-11-14(13-7-3-2-4-8-13)12-16(22-15)21-10-6-5-9-19/h11,13-14,16,19H,2-10,12H2,1H3,(H,18,20)/t14-,16+/m0/s1. The number of likely N-dealkylation sites (N-methyl/N-ethyl adjacent to an activating group) is 1. The monoisotopic (exact) mass is 311 g/mol. The Kier molecular flexibility index (Phi) is 7.19. The van der Waals surface area contributed by atoms with Crippen LogP contribution in [0.3, 0.4) is 0 Å². The van der Waals surface area contributed by atoms with Crippen molar-refractivity contribution in [3.8, 4) is 0 Å². The van der Waals surface area contributed by atoms with Crippen LogP contribution in [0.25, 0.3) is 0 Å². The van der Waals surface area contributed by atoms with E-state index in [0.29, 0.717) is 24.2 Å². The number of hydrogen-bond acceptors (Lipinski definition) is 4. The van der Waals surface area contributed by atoms with Gasteiger partial charge in [-0.25, -0.2) is 0 Å². The lowest BCUT2D eigenvalue weighted by atomic mass is 9.77. The number of amides is 1. The van der Waals surface area contributed by atoms with Gasteiger partial charge in [0.2, 0.25) is 6.29 Å². The van der Waals surface area contributed by atoms with Crippen LogP contribution in [0.5, 0.6) is 0 Å². The molecule has 0 aromatic rings. The van der Waals surface area contributed by atoms with Crippen molar-refractivity contribution >= 4 is 5.91 Å². The Balaban J connectivity index is 1.95. The first-order valence-corrected chi connectivity index (χ1v) is 8.57. The second-order valence-corrected chi connectivity index (χ2v) is 6.26. The average Bonchev–Trinajstić information content (AvgIpc) is 2.58. The molecule has 22 heavy (non-hydrogen) atoms. The zero-order chi connectivity index (χ0) is 15.8. The van der Waals surface area contributed by atoms with Gasteiger partial charge in [0.05, 0.1) is 6.61 Å². The average molecular weight is 311 g/mol. The van der Waals surface area contributed by atoms with Crippen molar-refractivity contribution in [2.24, 2.45) is 11.8 Å². The van der Waals surface area contributed by atoms with Crippen LogP contribution in [0, 0.1) is 11.8 Å². The van der Waals surface area contributed by atoms with Gasteiger partial charge < -0.3 is 19.9 Å². The fourth-order valence-electron chi connectivity index (χ4n) is 3.39. The maximum atomic E-state index is 11.9. The number of carbonyl (C=O) groups is 1. The molecule has 1 saturated carbocycles. The topological polar surface area (TPSA) is 67.8 Å². The Morgan fingerprint density at radius 1 is 1.36 bits per heavy atom. The summed E-state index contributed by atoms with van der Waals surface area (Å²) in [6.07, 6.45) is 10.4. The minimum Gasteiger partial charge on any atom is -0.459 e. The molecular formula is C17H29NO4. The number of unbranched alkanes of at least 4 members (excludes halogenated alkanes) is 1. The van der Waals surface area contributed by atoms with Gasteiger partial charge in [0.25, 0.3) is 5.91 Å². The fraction of sp³-hybridized carbons (Fsp3) is 0.824. The number of ether oxygens (including phenoxy) is 2. The van der Waals surface area contributed by atoms with Crippen molar-refractivity contribution < 1.29 is 19.4 Å². The summed E-state index contributed by atoms with van der Waals surface area (Å²) in [5.41, 5.74) is 0. The Bertz CT molecular complexity index is 377. The quantitative estimate of drug-likeness (QED) is 0.708. The molecule has 0 aromatic heterocycles. The number of aliphatic hydroxyl groups is 1. The van der Waals surface area contributed by atoms with E-state index in [1.807, 2.05) is 6.08 Å². The summed E-state index contributed by atoms with van der Waals surface area (Å²) in [4.78, 5) is 11.9. The SMILES string of the molecule is CNC(=O)C1=C[C@H](C2CCCCC2)C[C@H](OCCCCO)O1. The van der Waals surface area contributed by atoms with Crippen molar-refractivity contribution in [3.63, 3.8) is 0 Å². The maximum Gasteiger partial charge on any atom is 0.285 e. The molecule has 0 bridgehead atoms. The van der Waals surface area contributed by atoms with Gasteiger partial charge in [-0.3, -0.25) is 4.79 Å². The highest BCUT2D eigenvalue weighted by molar-refractivity contribution is 5.91. The zero-order valence-corrected chi connectivity index (χ0v) is 13.6. The minimum absolute atomic E-state index is 0.176. The molecule has 2 rings (SSSR count). The molecular weight excluding hydrogens is 282 g/mol. The van der Waals surface area contributed by atoms with Crippen molar-refractivity contribution in [1.29, 1.82) is 0 Å². The molecule has 0 aromatic carbocycles. The minimum atomic E-state index is -0.345. The van der Waals surface area contributed by atoms with Gasteiger partial charge in [0.15, 0.2) is 5.76 Å². The van der Waals surface area contributed by atoms with E-state index in [2.05, 4.69) is 5.32 Å². The van der Waals surface area contributed by atoms with E-state index in [0.717, 1.165) is 19.3 Å². The van der Waals surface area contributed by atoms with E-state index in [4.69, 9.17) is 14.6 Å². The second-order valence-electron chi connectivity index (χ2n) is 6.26. The van der Waals surface area contributed by atoms with Crippen LogP contribution in [0.1, 0.15) is 51.4 Å². The normalized spacial score (nSPS) is 26.2. The maximum absolute atomic E-state index is 11.9. The van der Waals surface area contributed by atoms with Crippen molar-refractivity contribution in [2.45, 2.75) is 57.7 Å². The summed E-state index contributed by atoms with van der Waals surface area (Å²) in [5, 5.41) is 11.4. The third-order valence-corrected chi connectivity index (χ3v) is 4.65. The smallest absolute Gasteiger partial charge is 0.285 e. The summed E-state index contributed by atoms with van der Waals surface area (Å²) in [6, 6.07) is 0. The molecule has 5 nitrogen and oxygen atoms in total. The van der Waals surface area contributed by atoms with Gasteiger partial charge in [-0.15, -0.1) is 0 Å². The molecule has 126 valence electrons. The molecule has 1 aliphatic carbocycles. The largest absolute Gasteiger partial charge is 0.459 e. The van der Waals surface area contributed by atoms with Gasteiger partial charge in [-0.2, -0.15) is 0 Å². The van der Waals surface area contributed by atoms with Crippen LogP contribution < -0.4 is 5.32 Å². The predicted octanol–water partition coefficient (Wildman–Crippen LogP) is 2.35. The number of rotatable bonds is 7. The molecule has 5 heteroatoms. The van der Waals surface area contributed by atoms with E-state index < -0.39 is 0 Å². The van der Waals surface area contributed by atoms with Crippen LogP contribution in [0.15, 0.2) is 11.8 Å². The summed E-state index contributed by atoms with van der Waals surface area (Å²) in [6.45, 7) is 0.743. The summed E-state index contributed by atoms with van der Waals surface area (Å²) in [7, 11) is 1.62. The second kappa shape index (κ2) is 9.16. The molecule has 2 N–H and O–H groups in total. The van der Waals surface area contributed by atoms with Gasteiger partial charge in [-0.1, -0.05) is 19.3 Å². The highest BCUT2D eigenvalue weighted by Gasteiger charge is 2.32. The summed E-state index contributed by atoms with van der Waals surface area (Å²) < 4.78 is 11.5. The number of aliphatic hydroxyl groups excluding tert-OH is 1. The lowest BCUT2D eigenvalue weighted by Gasteiger charge is -2.35. The Morgan fingerprint density at radius 3 is 2.82 bits per heavy atom. The van der Waals surface area contributed by atoms with Crippen molar-refractivity contribution in [1.82, 2.24) is 5.32 Å².